The van der Waals surface area contributed by atoms with Crippen molar-refractivity contribution in [3.8, 4) is 17.2 Å². The van der Waals surface area contributed by atoms with Gasteiger partial charge >= 0.3 is 11.9 Å². The molecule has 0 saturated heterocycles. The van der Waals surface area contributed by atoms with Crippen LogP contribution in [0.4, 0.5) is 11.4 Å². The molecule has 8 rings (SSSR count). The number of ether oxygens (including phenoxy) is 3. The van der Waals surface area contributed by atoms with Crippen molar-refractivity contribution in [1.82, 2.24) is 24.8 Å². The third kappa shape index (κ3) is 7.53. The Morgan fingerprint density at radius 3 is 1.97 bits per heavy atom. The van der Waals surface area contributed by atoms with Crippen LogP contribution in [-0.4, -0.2) is 56.5 Å². The molecule has 0 amide bonds. The molecule has 1 aliphatic heterocycles. The maximum absolute atomic E-state index is 13.4. The molecule has 0 saturated carbocycles. The van der Waals surface area contributed by atoms with Crippen LogP contribution in [0.1, 0.15) is 65.9 Å². The number of carbonyl (C=O) groups excluding carboxylic acids is 2. The lowest BCUT2D eigenvalue weighted by molar-refractivity contribution is -0.161. The molecule has 1 N–H and O–H groups in total. The molecule has 0 fully saturated rings. The number of rotatable bonds is 13. The van der Waals surface area contributed by atoms with Crippen molar-refractivity contribution in [3.05, 3.63) is 179 Å². The Bertz CT molecular complexity index is 2490. The molecule has 0 radical (unpaired) electrons. The van der Waals surface area contributed by atoms with E-state index in [1.165, 1.54) is 0 Å². The molecule has 1 aliphatic rings. The van der Waals surface area contributed by atoms with E-state index in [0.717, 1.165) is 44.9 Å². The summed E-state index contributed by atoms with van der Waals surface area (Å²) in [4.78, 5) is 27.7. The van der Waals surface area contributed by atoms with Gasteiger partial charge in [0.2, 0.25) is 19.0 Å². The first-order valence-electron chi connectivity index (χ1n) is 20.0. The number of benzene rings is 5. The zero-order valence-electron chi connectivity index (χ0n) is 34.3. The fourth-order valence-electron chi connectivity index (χ4n) is 7.76. The molecular formula is C48H47N7O5. The van der Waals surface area contributed by atoms with Crippen molar-refractivity contribution in [3.63, 3.8) is 0 Å². The quantitative estimate of drug-likeness (QED) is 0.0688. The summed E-state index contributed by atoms with van der Waals surface area (Å²) >= 11 is 0. The molecule has 2 aromatic heterocycles. The third-order valence-corrected chi connectivity index (χ3v) is 10.5. The highest BCUT2D eigenvalue weighted by Crippen LogP contribution is 2.43. The minimum absolute atomic E-state index is 0.327. The van der Waals surface area contributed by atoms with E-state index in [9.17, 15) is 9.59 Å². The van der Waals surface area contributed by atoms with Gasteiger partial charge in [0.15, 0.2) is 0 Å². The van der Waals surface area contributed by atoms with Crippen molar-refractivity contribution >= 4 is 23.3 Å². The maximum atomic E-state index is 13.4. The Kier molecular flexibility index (Phi) is 11.0. The van der Waals surface area contributed by atoms with Gasteiger partial charge in [0, 0.05) is 25.0 Å². The topological polar surface area (TPSA) is 126 Å². The molecule has 304 valence electrons. The number of esters is 2. The highest BCUT2D eigenvalue weighted by Gasteiger charge is 2.42. The Morgan fingerprint density at radius 1 is 0.767 bits per heavy atom. The van der Waals surface area contributed by atoms with Crippen molar-refractivity contribution in [1.29, 1.82) is 0 Å². The van der Waals surface area contributed by atoms with E-state index in [0.29, 0.717) is 30.2 Å². The number of nitrogens with one attached hydrogen (secondary N) is 1. The smallest absolute Gasteiger partial charge is 0.343 e. The van der Waals surface area contributed by atoms with Gasteiger partial charge < -0.3 is 29.0 Å². The highest BCUT2D eigenvalue weighted by molar-refractivity contribution is 6.00. The van der Waals surface area contributed by atoms with Crippen molar-refractivity contribution < 1.29 is 23.8 Å². The number of aromatic nitrogens is 5. The Morgan fingerprint density at radius 2 is 1.38 bits per heavy atom. The van der Waals surface area contributed by atoms with Crippen LogP contribution in [0.3, 0.4) is 0 Å². The van der Waals surface area contributed by atoms with Crippen LogP contribution >= 0.6 is 0 Å². The maximum Gasteiger partial charge on any atom is 0.343 e. The average Bonchev–Trinajstić information content (AvgIpc) is 4.00. The first-order chi connectivity index (χ1) is 29.1. The van der Waals surface area contributed by atoms with Crippen LogP contribution < -0.4 is 10.2 Å². The zero-order chi connectivity index (χ0) is 41.9. The number of carbonyl (C=O) groups is 2. The summed E-state index contributed by atoms with van der Waals surface area (Å²) in [6.07, 6.45) is 1.55. The highest BCUT2D eigenvalue weighted by atomic mass is 16.7. The molecule has 0 aliphatic carbocycles. The lowest BCUT2D eigenvalue weighted by Crippen LogP contribution is -2.39. The van der Waals surface area contributed by atoms with Crippen molar-refractivity contribution in [2.24, 2.45) is 5.41 Å². The van der Waals surface area contributed by atoms with Crippen molar-refractivity contribution in [2.45, 2.75) is 53.1 Å². The van der Waals surface area contributed by atoms with E-state index in [1.54, 1.807) is 32.9 Å². The van der Waals surface area contributed by atoms with E-state index in [4.69, 9.17) is 24.5 Å². The Labute approximate surface area is 349 Å². The second-order valence-electron chi connectivity index (χ2n) is 15.7. The monoisotopic (exact) mass is 801 g/mol. The number of hydrogen-bond acceptors (Lipinski definition) is 10. The van der Waals surface area contributed by atoms with Crippen LogP contribution in [-0.2, 0) is 31.1 Å². The van der Waals surface area contributed by atoms with Gasteiger partial charge in [-0.25, -0.2) is 9.48 Å². The Hall–Kier alpha value is -7.05. The van der Waals surface area contributed by atoms with E-state index in [1.807, 2.05) is 77.2 Å². The van der Waals surface area contributed by atoms with Gasteiger partial charge in [0.05, 0.1) is 28.0 Å². The summed E-state index contributed by atoms with van der Waals surface area (Å²) in [5.41, 5.74) is 6.86. The van der Waals surface area contributed by atoms with Gasteiger partial charge in [-0.15, -0.1) is 5.10 Å². The summed E-state index contributed by atoms with van der Waals surface area (Å²) in [6, 6.07) is 46.8. The van der Waals surface area contributed by atoms with E-state index in [-0.39, 0.29) is 0 Å². The molecule has 1 unspecified atom stereocenters. The molecule has 0 bridgehead atoms. The van der Waals surface area contributed by atoms with E-state index >= 15 is 0 Å². The van der Waals surface area contributed by atoms with Gasteiger partial charge in [-0.2, -0.15) is 0 Å². The molecule has 1 atom stereocenters. The SMILES string of the molecule is CCOC1Nc2cccc(C(=O)OCOC(=O)C(C)(C)C)c2N1Cc1ccc(-n2cc(C)cc2-c2nnnn2C(c2ccccc2)(c2ccccc2)c2ccccc2)cc1. The van der Waals surface area contributed by atoms with Crippen molar-refractivity contribution in [2.75, 3.05) is 23.6 Å². The second-order valence-corrected chi connectivity index (χ2v) is 15.7. The average molecular weight is 802 g/mol. The summed E-state index contributed by atoms with van der Waals surface area (Å²) in [5, 5.41) is 17.2. The number of aryl methyl sites for hydroxylation is 1. The molecule has 12 heteroatoms. The van der Waals surface area contributed by atoms with Crippen LogP contribution in [0.15, 0.2) is 146 Å². The lowest BCUT2D eigenvalue weighted by Gasteiger charge is -2.36. The van der Waals surface area contributed by atoms with Gasteiger partial charge in [-0.05, 0) is 103 Å². The minimum Gasteiger partial charge on any atom is -0.427 e. The van der Waals surface area contributed by atoms with Crippen LogP contribution in [0.5, 0.6) is 0 Å². The Balaban J connectivity index is 1.13. The molecular weight excluding hydrogens is 755 g/mol. The van der Waals surface area contributed by atoms with E-state index in [2.05, 4.69) is 94.9 Å². The summed E-state index contributed by atoms with van der Waals surface area (Å²) in [5.74, 6) is -0.478. The fourth-order valence-corrected chi connectivity index (χ4v) is 7.76. The van der Waals surface area contributed by atoms with E-state index < -0.39 is 36.0 Å². The summed E-state index contributed by atoms with van der Waals surface area (Å²) in [6.45, 7) is 9.57. The number of tetrazole rings is 1. The second kappa shape index (κ2) is 16.7. The number of para-hydroxylation sites is 1. The third-order valence-electron chi connectivity index (χ3n) is 10.5. The molecule has 0 spiro atoms. The summed E-state index contributed by atoms with van der Waals surface area (Å²) < 4.78 is 20.8. The number of anilines is 2. The first-order valence-corrected chi connectivity index (χ1v) is 20.0. The predicted molar refractivity (Wildman–Crippen MR) is 229 cm³/mol. The molecule has 3 heterocycles. The van der Waals surface area contributed by atoms with Gasteiger partial charge in [-0.3, -0.25) is 4.79 Å². The fraction of sp³-hybridized carbons (Fsp3) is 0.229. The van der Waals surface area contributed by atoms with Crippen LogP contribution in [0, 0.1) is 12.3 Å². The molecule has 5 aromatic carbocycles. The normalized spacial score (nSPS) is 13.8. The van der Waals surface area contributed by atoms with Crippen LogP contribution in [0.25, 0.3) is 17.2 Å². The number of fused-ring (bicyclic) bond motifs is 1. The minimum atomic E-state index is -0.908. The van der Waals surface area contributed by atoms with Gasteiger partial charge in [0.25, 0.3) is 0 Å². The van der Waals surface area contributed by atoms with Gasteiger partial charge in [-0.1, -0.05) is 109 Å². The molecule has 7 aromatic rings. The largest absolute Gasteiger partial charge is 0.427 e. The predicted octanol–water partition coefficient (Wildman–Crippen LogP) is 8.74. The zero-order valence-corrected chi connectivity index (χ0v) is 34.3. The van der Waals surface area contributed by atoms with Crippen LogP contribution in [0.2, 0.25) is 0 Å². The number of hydrogen-bond donors (Lipinski definition) is 1. The summed E-state index contributed by atoms with van der Waals surface area (Å²) in [7, 11) is 0. The van der Waals surface area contributed by atoms with Gasteiger partial charge in [0.1, 0.15) is 5.54 Å². The first kappa shape index (κ1) is 39.8. The molecule has 12 nitrogen and oxygen atoms in total. The standard InChI is InChI=1S/C48H47N7O5/c1-6-58-46-49-40-24-16-23-39(44(56)59-32-60-45(57)47(3,4)5)42(40)54(46)31-34-25-27-38(28-26-34)53-30-33(2)29-41(53)43-50-51-52-55(43)48(35-17-10-7-11-18-35,36-19-12-8-13-20-36)37-21-14-9-15-22-37/h7-30,46,49H,6,31-32H2,1-5H3. The molecule has 60 heavy (non-hydrogen) atoms. The lowest BCUT2D eigenvalue weighted by atomic mass is 9.77. The number of nitrogens with zero attached hydrogens (tertiary/aromatic N) is 6.